The van der Waals surface area contributed by atoms with E-state index < -0.39 is 0 Å². The van der Waals surface area contributed by atoms with Gasteiger partial charge in [0.25, 0.3) is 0 Å². The van der Waals surface area contributed by atoms with E-state index in [-0.39, 0.29) is 11.3 Å². The second-order valence-corrected chi connectivity index (χ2v) is 6.44. The van der Waals surface area contributed by atoms with E-state index >= 15 is 0 Å². The van der Waals surface area contributed by atoms with Gasteiger partial charge in [-0.05, 0) is 37.0 Å². The number of hydrogen-bond acceptors (Lipinski definition) is 2. The standard InChI is InChI=1S/C15H18BrNO2/c16-13-3-1-12(2-4-13)15(6-7-15)14(18)17-9-11-5-8-19-10-11/h1-4,11H,5-10H2,(H,17,18)/t11-/m1/s1. The smallest absolute Gasteiger partial charge is 0.230 e. The van der Waals surface area contributed by atoms with Crippen molar-refractivity contribution in [3.05, 3.63) is 34.3 Å². The highest BCUT2D eigenvalue weighted by atomic mass is 79.9. The summed E-state index contributed by atoms with van der Waals surface area (Å²) in [5, 5.41) is 3.11. The number of carbonyl (C=O) groups is 1. The van der Waals surface area contributed by atoms with Crippen LogP contribution in [0.25, 0.3) is 0 Å². The minimum Gasteiger partial charge on any atom is -0.381 e. The third-order valence-electron chi connectivity index (χ3n) is 4.16. The summed E-state index contributed by atoms with van der Waals surface area (Å²) in [6.07, 6.45) is 2.98. The van der Waals surface area contributed by atoms with Crippen molar-refractivity contribution in [1.29, 1.82) is 0 Å². The third kappa shape index (κ3) is 2.70. The number of rotatable bonds is 4. The Morgan fingerprint density at radius 3 is 2.68 bits per heavy atom. The Labute approximate surface area is 121 Å². The lowest BCUT2D eigenvalue weighted by Gasteiger charge is -2.17. The Hall–Kier alpha value is -0.870. The first kappa shape index (κ1) is 13.1. The molecular weight excluding hydrogens is 306 g/mol. The molecule has 1 saturated carbocycles. The fourth-order valence-electron chi connectivity index (χ4n) is 2.69. The molecule has 19 heavy (non-hydrogen) atoms. The molecule has 3 nitrogen and oxygen atoms in total. The van der Waals surface area contributed by atoms with Crippen LogP contribution in [0.4, 0.5) is 0 Å². The molecule has 0 radical (unpaired) electrons. The molecule has 0 aromatic heterocycles. The summed E-state index contributed by atoms with van der Waals surface area (Å²) in [6, 6.07) is 8.12. The second-order valence-electron chi connectivity index (χ2n) is 5.53. The van der Waals surface area contributed by atoms with Gasteiger partial charge in [0.1, 0.15) is 0 Å². The lowest BCUT2D eigenvalue weighted by atomic mass is 9.95. The van der Waals surface area contributed by atoms with Gasteiger partial charge in [0.15, 0.2) is 0 Å². The first-order valence-electron chi connectivity index (χ1n) is 6.83. The average molecular weight is 324 g/mol. The lowest BCUT2D eigenvalue weighted by molar-refractivity contribution is -0.123. The van der Waals surface area contributed by atoms with Crippen molar-refractivity contribution in [3.8, 4) is 0 Å². The molecule has 2 aliphatic rings. The highest BCUT2D eigenvalue weighted by Crippen LogP contribution is 2.48. The van der Waals surface area contributed by atoms with Gasteiger partial charge in [-0.1, -0.05) is 28.1 Å². The maximum atomic E-state index is 12.4. The minimum atomic E-state index is -0.264. The fourth-order valence-corrected chi connectivity index (χ4v) is 2.96. The fraction of sp³-hybridized carbons (Fsp3) is 0.533. The van der Waals surface area contributed by atoms with E-state index in [1.54, 1.807) is 0 Å². The summed E-state index contributed by atoms with van der Waals surface area (Å²) in [7, 11) is 0. The SMILES string of the molecule is O=C(NC[C@H]1CCOC1)C1(c2ccc(Br)cc2)CC1. The minimum absolute atomic E-state index is 0.182. The summed E-state index contributed by atoms with van der Waals surface area (Å²) in [6.45, 7) is 2.36. The summed E-state index contributed by atoms with van der Waals surface area (Å²) in [4.78, 5) is 12.4. The zero-order chi connectivity index (χ0) is 13.3. The van der Waals surface area contributed by atoms with E-state index in [0.29, 0.717) is 5.92 Å². The van der Waals surface area contributed by atoms with E-state index in [0.717, 1.165) is 49.1 Å². The monoisotopic (exact) mass is 323 g/mol. The molecule has 1 aromatic rings. The molecule has 1 heterocycles. The van der Waals surface area contributed by atoms with Gasteiger partial charge in [-0.3, -0.25) is 4.79 Å². The van der Waals surface area contributed by atoms with Gasteiger partial charge < -0.3 is 10.1 Å². The molecule has 102 valence electrons. The maximum absolute atomic E-state index is 12.4. The Balaban J connectivity index is 1.63. The summed E-state index contributed by atoms with van der Waals surface area (Å²) >= 11 is 3.43. The summed E-state index contributed by atoms with van der Waals surface area (Å²) in [5.41, 5.74) is 0.871. The highest BCUT2D eigenvalue weighted by molar-refractivity contribution is 9.10. The number of hydrogen-bond donors (Lipinski definition) is 1. The van der Waals surface area contributed by atoms with Crippen molar-refractivity contribution in [2.24, 2.45) is 5.92 Å². The third-order valence-corrected chi connectivity index (χ3v) is 4.69. The van der Waals surface area contributed by atoms with E-state index in [9.17, 15) is 4.79 Å². The zero-order valence-corrected chi connectivity index (χ0v) is 12.4. The van der Waals surface area contributed by atoms with Gasteiger partial charge >= 0.3 is 0 Å². The predicted octanol–water partition coefficient (Wildman–Crippen LogP) is 2.63. The average Bonchev–Trinajstić information content (AvgIpc) is 3.07. The Bertz CT molecular complexity index is 462. The van der Waals surface area contributed by atoms with Crippen molar-refractivity contribution in [2.75, 3.05) is 19.8 Å². The number of amides is 1. The van der Waals surface area contributed by atoms with E-state index in [1.165, 1.54) is 0 Å². The summed E-state index contributed by atoms with van der Waals surface area (Å²) in [5.74, 6) is 0.673. The van der Waals surface area contributed by atoms with Crippen molar-refractivity contribution >= 4 is 21.8 Å². The highest BCUT2D eigenvalue weighted by Gasteiger charge is 2.51. The van der Waals surface area contributed by atoms with E-state index in [1.807, 2.05) is 12.1 Å². The van der Waals surface area contributed by atoms with Gasteiger partial charge in [-0.25, -0.2) is 0 Å². The summed E-state index contributed by atoms with van der Waals surface area (Å²) < 4.78 is 6.38. The Kier molecular flexibility index (Phi) is 3.63. The number of ether oxygens (including phenoxy) is 1. The maximum Gasteiger partial charge on any atom is 0.230 e. The molecule has 1 aromatic carbocycles. The molecule has 0 bridgehead atoms. The molecule has 2 fully saturated rings. The van der Waals surface area contributed by atoms with E-state index in [4.69, 9.17) is 4.74 Å². The molecule has 1 saturated heterocycles. The molecule has 1 aliphatic carbocycles. The number of nitrogens with one attached hydrogen (secondary N) is 1. The number of halogens is 1. The van der Waals surface area contributed by atoms with Crippen LogP contribution < -0.4 is 5.32 Å². The van der Waals surface area contributed by atoms with Crippen LogP contribution in [-0.2, 0) is 14.9 Å². The van der Waals surface area contributed by atoms with Crippen LogP contribution in [0.15, 0.2) is 28.7 Å². The van der Waals surface area contributed by atoms with Gasteiger partial charge in [0, 0.05) is 23.5 Å². The van der Waals surface area contributed by atoms with Crippen molar-refractivity contribution < 1.29 is 9.53 Å². The molecule has 1 atom stereocenters. The van der Waals surface area contributed by atoms with Crippen LogP contribution >= 0.6 is 15.9 Å². The van der Waals surface area contributed by atoms with Crippen LogP contribution in [0.1, 0.15) is 24.8 Å². The molecule has 0 spiro atoms. The topological polar surface area (TPSA) is 38.3 Å². The molecule has 4 heteroatoms. The van der Waals surface area contributed by atoms with Crippen LogP contribution in [0.2, 0.25) is 0 Å². The van der Waals surface area contributed by atoms with Crippen LogP contribution in [-0.4, -0.2) is 25.7 Å². The second kappa shape index (κ2) is 5.25. The normalized spacial score (nSPS) is 24.2. The van der Waals surface area contributed by atoms with Gasteiger partial charge in [-0.2, -0.15) is 0 Å². The lowest BCUT2D eigenvalue weighted by Crippen LogP contribution is -2.37. The van der Waals surface area contributed by atoms with Gasteiger partial charge in [0.05, 0.1) is 12.0 Å². The van der Waals surface area contributed by atoms with Crippen LogP contribution in [0.3, 0.4) is 0 Å². The van der Waals surface area contributed by atoms with Crippen LogP contribution in [0.5, 0.6) is 0 Å². The molecule has 3 rings (SSSR count). The van der Waals surface area contributed by atoms with Crippen molar-refractivity contribution in [2.45, 2.75) is 24.7 Å². The number of benzene rings is 1. The number of carbonyl (C=O) groups excluding carboxylic acids is 1. The molecular formula is C15H18BrNO2. The van der Waals surface area contributed by atoms with Crippen LogP contribution in [0, 0.1) is 5.92 Å². The first-order valence-corrected chi connectivity index (χ1v) is 7.62. The quantitative estimate of drug-likeness (QED) is 0.925. The Morgan fingerprint density at radius 1 is 1.37 bits per heavy atom. The Morgan fingerprint density at radius 2 is 2.11 bits per heavy atom. The largest absolute Gasteiger partial charge is 0.381 e. The first-order chi connectivity index (χ1) is 9.21. The van der Waals surface area contributed by atoms with Gasteiger partial charge in [0.2, 0.25) is 5.91 Å². The van der Waals surface area contributed by atoms with Crippen molar-refractivity contribution in [1.82, 2.24) is 5.32 Å². The zero-order valence-electron chi connectivity index (χ0n) is 10.8. The van der Waals surface area contributed by atoms with Gasteiger partial charge in [-0.15, -0.1) is 0 Å². The van der Waals surface area contributed by atoms with Crippen molar-refractivity contribution in [3.63, 3.8) is 0 Å². The molecule has 1 N–H and O–H groups in total. The van der Waals surface area contributed by atoms with E-state index in [2.05, 4.69) is 33.4 Å². The molecule has 1 aliphatic heterocycles. The predicted molar refractivity (Wildman–Crippen MR) is 77.0 cm³/mol. The molecule has 0 unspecified atom stereocenters. The molecule has 1 amide bonds.